The molecule has 0 spiro atoms. The Labute approximate surface area is 116 Å². The van der Waals surface area contributed by atoms with Crippen molar-refractivity contribution in [1.29, 1.82) is 0 Å². The number of carbonyl (C=O) groups excluding carboxylic acids is 1. The molecule has 1 aromatic carbocycles. The third-order valence-corrected chi connectivity index (χ3v) is 4.46. The summed E-state index contributed by atoms with van der Waals surface area (Å²) in [6.07, 6.45) is 3.07. The first-order valence-electron chi connectivity index (χ1n) is 6.89. The third kappa shape index (κ3) is 2.45. The Morgan fingerprint density at radius 2 is 1.58 bits per heavy atom. The predicted molar refractivity (Wildman–Crippen MR) is 79.4 cm³/mol. The van der Waals surface area contributed by atoms with E-state index in [9.17, 15) is 4.79 Å². The fraction of sp³-hybridized carbons (Fsp3) is 0.500. The number of hydrogen-bond donors (Lipinski definition) is 0. The van der Waals surface area contributed by atoms with E-state index in [0.717, 1.165) is 5.56 Å². The van der Waals surface area contributed by atoms with Crippen LogP contribution in [0.15, 0.2) is 12.1 Å². The molecular formula is C18H22O. The van der Waals surface area contributed by atoms with Crippen molar-refractivity contribution in [2.75, 3.05) is 0 Å². The summed E-state index contributed by atoms with van der Waals surface area (Å²) in [5.74, 6) is 5.49. The Morgan fingerprint density at radius 3 is 2.11 bits per heavy atom. The van der Waals surface area contributed by atoms with Crippen LogP contribution in [0.1, 0.15) is 62.8 Å². The van der Waals surface area contributed by atoms with E-state index >= 15 is 0 Å². The van der Waals surface area contributed by atoms with Gasteiger partial charge in [0.1, 0.15) is 0 Å². The lowest BCUT2D eigenvalue weighted by Crippen LogP contribution is -2.34. The van der Waals surface area contributed by atoms with Crippen molar-refractivity contribution in [1.82, 2.24) is 0 Å². The highest BCUT2D eigenvalue weighted by molar-refractivity contribution is 5.74. The minimum atomic E-state index is 0.191. The lowest BCUT2D eigenvalue weighted by Gasteiger charge is -2.42. The van der Waals surface area contributed by atoms with Gasteiger partial charge in [0.05, 0.1) is 0 Å². The van der Waals surface area contributed by atoms with Crippen molar-refractivity contribution in [2.24, 2.45) is 0 Å². The molecule has 0 amide bonds. The summed E-state index contributed by atoms with van der Waals surface area (Å²) in [5.41, 5.74) is 5.40. The first-order chi connectivity index (χ1) is 8.78. The monoisotopic (exact) mass is 254 g/mol. The number of aryl methyl sites for hydroxylation is 1. The Hall–Kier alpha value is -1.55. The summed E-state index contributed by atoms with van der Waals surface area (Å²) < 4.78 is 0. The number of benzene rings is 1. The second-order valence-corrected chi connectivity index (χ2v) is 6.87. The molecule has 0 N–H and O–H groups in total. The van der Waals surface area contributed by atoms with Crippen molar-refractivity contribution in [3.63, 3.8) is 0 Å². The van der Waals surface area contributed by atoms with Crippen LogP contribution in [-0.4, -0.2) is 6.29 Å². The van der Waals surface area contributed by atoms with Crippen molar-refractivity contribution in [2.45, 2.75) is 58.3 Å². The van der Waals surface area contributed by atoms with Gasteiger partial charge in [0.15, 0.2) is 6.29 Å². The van der Waals surface area contributed by atoms with Gasteiger partial charge in [-0.25, -0.2) is 0 Å². The fourth-order valence-electron chi connectivity index (χ4n) is 2.96. The third-order valence-electron chi connectivity index (χ3n) is 4.46. The minimum absolute atomic E-state index is 0.191. The van der Waals surface area contributed by atoms with Gasteiger partial charge in [-0.05, 0) is 59.3 Å². The van der Waals surface area contributed by atoms with Crippen molar-refractivity contribution in [3.05, 3.63) is 34.4 Å². The summed E-state index contributed by atoms with van der Waals surface area (Å²) in [6.45, 7) is 11.3. The van der Waals surface area contributed by atoms with Gasteiger partial charge in [0.25, 0.3) is 0 Å². The maximum Gasteiger partial charge on any atom is 0.193 e. The van der Waals surface area contributed by atoms with Gasteiger partial charge in [0, 0.05) is 5.56 Å². The Balaban J connectivity index is 2.68. The first-order valence-corrected chi connectivity index (χ1v) is 6.89. The second-order valence-electron chi connectivity index (χ2n) is 6.87. The summed E-state index contributed by atoms with van der Waals surface area (Å²) in [5, 5.41) is 0. The molecule has 0 unspecified atom stereocenters. The summed E-state index contributed by atoms with van der Waals surface area (Å²) in [7, 11) is 0. The van der Waals surface area contributed by atoms with E-state index in [-0.39, 0.29) is 10.8 Å². The van der Waals surface area contributed by atoms with Crippen LogP contribution in [0.3, 0.4) is 0 Å². The van der Waals surface area contributed by atoms with Gasteiger partial charge < -0.3 is 0 Å². The van der Waals surface area contributed by atoms with Gasteiger partial charge in [-0.15, -0.1) is 0 Å². The molecule has 1 aliphatic rings. The number of rotatable bonds is 0. The van der Waals surface area contributed by atoms with Gasteiger partial charge >= 0.3 is 0 Å². The zero-order valence-corrected chi connectivity index (χ0v) is 12.6. The van der Waals surface area contributed by atoms with E-state index in [1.54, 1.807) is 0 Å². The van der Waals surface area contributed by atoms with Crippen molar-refractivity contribution >= 4 is 6.29 Å². The van der Waals surface area contributed by atoms with E-state index in [4.69, 9.17) is 0 Å². The maximum atomic E-state index is 10.4. The molecule has 0 saturated carbocycles. The number of aldehydes is 1. The molecule has 0 fully saturated rings. The quantitative estimate of drug-likeness (QED) is 0.507. The van der Waals surface area contributed by atoms with E-state index in [2.05, 4.69) is 58.6 Å². The zero-order valence-electron chi connectivity index (χ0n) is 12.6. The number of hydrogen-bond acceptors (Lipinski definition) is 1. The van der Waals surface area contributed by atoms with Crippen molar-refractivity contribution < 1.29 is 4.79 Å². The van der Waals surface area contributed by atoms with Gasteiger partial charge in [-0.2, -0.15) is 0 Å². The molecule has 2 rings (SSSR count). The standard InChI is InChI=1S/C18H22O/c1-13-11-15-16(12-14(13)7-6-10-19)18(4,5)9-8-17(15,2)3/h10-12H,8-9H2,1-5H3. The molecule has 0 aromatic heterocycles. The molecule has 0 saturated heterocycles. The fourth-order valence-corrected chi connectivity index (χ4v) is 2.96. The van der Waals surface area contributed by atoms with E-state index in [0.29, 0.717) is 6.29 Å². The van der Waals surface area contributed by atoms with Crippen LogP contribution in [0.2, 0.25) is 0 Å². The SMILES string of the molecule is Cc1cc2c(cc1C#CC=O)C(C)(C)CCC2(C)C. The highest BCUT2D eigenvalue weighted by Gasteiger charge is 2.37. The summed E-state index contributed by atoms with van der Waals surface area (Å²) in [4.78, 5) is 10.4. The predicted octanol–water partition coefficient (Wildman–Crippen LogP) is 3.89. The average molecular weight is 254 g/mol. The molecule has 1 heteroatoms. The van der Waals surface area contributed by atoms with E-state index < -0.39 is 0 Å². The highest BCUT2D eigenvalue weighted by Crippen LogP contribution is 2.46. The molecule has 0 atom stereocenters. The topological polar surface area (TPSA) is 17.1 Å². The van der Waals surface area contributed by atoms with Crippen LogP contribution in [-0.2, 0) is 15.6 Å². The van der Waals surface area contributed by atoms with Crippen molar-refractivity contribution in [3.8, 4) is 11.8 Å². The van der Waals surface area contributed by atoms with Crippen LogP contribution >= 0.6 is 0 Å². The van der Waals surface area contributed by atoms with E-state index in [1.807, 2.05) is 0 Å². The molecular weight excluding hydrogens is 232 g/mol. The Morgan fingerprint density at radius 1 is 1.05 bits per heavy atom. The minimum Gasteiger partial charge on any atom is -0.289 e. The van der Waals surface area contributed by atoms with Gasteiger partial charge in [-0.3, -0.25) is 4.79 Å². The normalized spacial score (nSPS) is 19.0. The van der Waals surface area contributed by atoms with Crippen LogP contribution in [0, 0.1) is 18.8 Å². The molecule has 0 heterocycles. The zero-order chi connectivity index (χ0) is 14.3. The van der Waals surface area contributed by atoms with Crippen LogP contribution < -0.4 is 0 Å². The Bertz CT molecular complexity index is 580. The maximum absolute atomic E-state index is 10.4. The summed E-state index contributed by atoms with van der Waals surface area (Å²) in [6, 6.07) is 4.47. The van der Waals surface area contributed by atoms with Gasteiger partial charge in [0.2, 0.25) is 0 Å². The van der Waals surface area contributed by atoms with Gasteiger partial charge in [-0.1, -0.05) is 39.7 Å². The number of carbonyl (C=O) groups is 1. The molecule has 0 aliphatic heterocycles. The average Bonchev–Trinajstić information content (AvgIpc) is 2.33. The van der Waals surface area contributed by atoms with Crippen LogP contribution in [0.5, 0.6) is 0 Å². The molecule has 1 aromatic rings. The summed E-state index contributed by atoms with van der Waals surface area (Å²) >= 11 is 0. The molecule has 0 radical (unpaired) electrons. The molecule has 0 bridgehead atoms. The second kappa shape index (κ2) is 4.53. The van der Waals surface area contributed by atoms with E-state index in [1.165, 1.54) is 29.5 Å². The van der Waals surface area contributed by atoms with Crippen LogP contribution in [0.25, 0.3) is 0 Å². The first kappa shape index (κ1) is 13.9. The molecule has 1 nitrogen and oxygen atoms in total. The largest absolute Gasteiger partial charge is 0.289 e. The molecule has 1 aliphatic carbocycles. The number of fused-ring (bicyclic) bond motifs is 1. The molecule has 19 heavy (non-hydrogen) atoms. The lowest BCUT2D eigenvalue weighted by atomic mass is 9.62. The Kier molecular flexibility index (Phi) is 3.31. The lowest BCUT2D eigenvalue weighted by molar-refractivity contribution is -0.103. The highest BCUT2D eigenvalue weighted by atomic mass is 16.1. The molecule has 100 valence electrons. The van der Waals surface area contributed by atoms with Crippen LogP contribution in [0.4, 0.5) is 0 Å². The smallest absolute Gasteiger partial charge is 0.193 e.